The lowest BCUT2D eigenvalue weighted by Crippen LogP contribution is -2.32. The third-order valence-electron chi connectivity index (χ3n) is 4.78. The van der Waals surface area contributed by atoms with Crippen LogP contribution in [0.1, 0.15) is 20.9 Å². The van der Waals surface area contributed by atoms with E-state index in [9.17, 15) is 14.4 Å². The number of rotatable bonds is 5. The van der Waals surface area contributed by atoms with Crippen LogP contribution in [0.2, 0.25) is 0 Å². The average molecular weight is 532 g/mol. The molecule has 0 fully saturated rings. The molecule has 32 heavy (non-hydrogen) atoms. The van der Waals surface area contributed by atoms with E-state index in [1.165, 1.54) is 11.3 Å². The van der Waals surface area contributed by atoms with E-state index in [-0.39, 0.29) is 16.6 Å². The van der Waals surface area contributed by atoms with Crippen LogP contribution in [0, 0.1) is 13.8 Å². The van der Waals surface area contributed by atoms with Crippen LogP contribution in [-0.2, 0) is 9.59 Å². The molecule has 7 nitrogen and oxygen atoms in total. The Bertz CT molecular complexity index is 1250. The maximum Gasteiger partial charge on any atom is 0.283 e. The number of hydrogen-bond donors (Lipinski definition) is 2. The number of imide groups is 1. The van der Waals surface area contributed by atoms with E-state index in [0.717, 1.165) is 19.9 Å². The Morgan fingerprint density at radius 1 is 1.03 bits per heavy atom. The van der Waals surface area contributed by atoms with E-state index >= 15 is 0 Å². The average Bonchev–Trinajstić information content (AvgIpc) is 3.19. The van der Waals surface area contributed by atoms with E-state index in [4.69, 9.17) is 11.6 Å². The summed E-state index contributed by atoms with van der Waals surface area (Å²) in [5, 5.41) is 6.00. The molecular weight excluding hydrogens is 516 g/mol. The van der Waals surface area contributed by atoms with E-state index in [1.54, 1.807) is 48.5 Å². The molecule has 0 saturated carbocycles. The van der Waals surface area contributed by atoms with Crippen molar-refractivity contribution < 1.29 is 14.4 Å². The van der Waals surface area contributed by atoms with Crippen molar-refractivity contribution in [3.63, 3.8) is 0 Å². The maximum absolute atomic E-state index is 12.8. The SMILES string of the molecule is Cc1nc(NC(=O)c2ccc(NC3=C(Cl)C(=O)N(c4ccc(Br)cc4)C3=O)cc2)sc1C. The molecule has 4 rings (SSSR count). The Kier molecular flexibility index (Phi) is 6.14. The van der Waals surface area contributed by atoms with Gasteiger partial charge in [-0.2, -0.15) is 0 Å². The number of nitrogens with zero attached hydrogens (tertiary/aromatic N) is 2. The molecule has 3 amide bonds. The molecule has 0 spiro atoms. The van der Waals surface area contributed by atoms with Crippen LogP contribution < -0.4 is 15.5 Å². The van der Waals surface area contributed by atoms with Gasteiger partial charge < -0.3 is 5.32 Å². The minimum atomic E-state index is -0.605. The van der Waals surface area contributed by atoms with Crippen molar-refractivity contribution >= 4 is 73.1 Å². The van der Waals surface area contributed by atoms with Gasteiger partial charge in [-0.3, -0.25) is 19.7 Å². The highest BCUT2D eigenvalue weighted by Gasteiger charge is 2.38. The molecule has 1 aliphatic rings. The van der Waals surface area contributed by atoms with Crippen LogP contribution in [0.5, 0.6) is 0 Å². The zero-order valence-electron chi connectivity index (χ0n) is 16.9. The molecule has 3 aromatic rings. The van der Waals surface area contributed by atoms with Gasteiger partial charge in [-0.25, -0.2) is 9.88 Å². The normalized spacial score (nSPS) is 13.7. The summed E-state index contributed by atoms with van der Waals surface area (Å²) < 4.78 is 0.821. The second-order valence-corrected chi connectivity index (χ2v) is 9.43. The standard InChI is InChI=1S/C22H16BrClN4O3S/c1-11-12(2)32-22(25-11)27-19(29)13-3-7-15(8-4-13)26-18-17(24)20(30)28(21(18)31)16-9-5-14(23)6-10-16/h3-10,26H,1-2H3,(H,25,27,29). The molecule has 10 heteroatoms. The molecule has 0 radical (unpaired) electrons. The number of hydrogen-bond acceptors (Lipinski definition) is 6. The van der Waals surface area contributed by atoms with Crippen molar-refractivity contribution in [1.82, 2.24) is 4.98 Å². The summed E-state index contributed by atoms with van der Waals surface area (Å²) in [5.41, 5.74) is 2.20. The van der Waals surface area contributed by atoms with Crippen molar-refractivity contribution in [3.8, 4) is 0 Å². The molecule has 2 N–H and O–H groups in total. The van der Waals surface area contributed by atoms with Crippen molar-refractivity contribution in [2.45, 2.75) is 13.8 Å². The van der Waals surface area contributed by atoms with Gasteiger partial charge in [0.1, 0.15) is 10.7 Å². The summed E-state index contributed by atoms with van der Waals surface area (Å²) in [6.45, 7) is 3.82. The number of amides is 3. The monoisotopic (exact) mass is 530 g/mol. The summed E-state index contributed by atoms with van der Waals surface area (Å²) >= 11 is 10.9. The molecule has 0 bridgehead atoms. The van der Waals surface area contributed by atoms with Crippen LogP contribution in [0.4, 0.5) is 16.5 Å². The first-order chi connectivity index (χ1) is 15.2. The smallest absolute Gasteiger partial charge is 0.283 e. The highest BCUT2D eigenvalue weighted by molar-refractivity contribution is 9.10. The summed E-state index contributed by atoms with van der Waals surface area (Å²) in [6.07, 6.45) is 0. The molecule has 0 atom stereocenters. The topological polar surface area (TPSA) is 91.4 Å². The number of nitrogens with one attached hydrogen (secondary N) is 2. The van der Waals surface area contributed by atoms with Crippen LogP contribution in [0.3, 0.4) is 0 Å². The number of anilines is 3. The van der Waals surface area contributed by atoms with Gasteiger partial charge >= 0.3 is 0 Å². The highest BCUT2D eigenvalue weighted by atomic mass is 79.9. The number of aromatic nitrogens is 1. The molecule has 1 aliphatic heterocycles. The van der Waals surface area contributed by atoms with Crippen molar-refractivity contribution in [3.05, 3.63) is 79.9 Å². The van der Waals surface area contributed by atoms with E-state index in [1.807, 2.05) is 13.8 Å². The van der Waals surface area contributed by atoms with Crippen LogP contribution in [0.15, 0.2) is 63.7 Å². The lowest BCUT2D eigenvalue weighted by Gasteiger charge is -2.15. The van der Waals surface area contributed by atoms with E-state index < -0.39 is 11.8 Å². The zero-order valence-corrected chi connectivity index (χ0v) is 20.1. The van der Waals surface area contributed by atoms with Gasteiger partial charge in [0, 0.05) is 20.6 Å². The van der Waals surface area contributed by atoms with E-state index in [0.29, 0.717) is 22.1 Å². The van der Waals surface area contributed by atoms with Crippen LogP contribution in [0.25, 0.3) is 0 Å². The first-order valence-electron chi connectivity index (χ1n) is 9.41. The first kappa shape index (κ1) is 22.2. The number of thiazole rings is 1. The summed E-state index contributed by atoms with van der Waals surface area (Å²) in [6, 6.07) is 13.2. The number of aryl methyl sites for hydroxylation is 2. The van der Waals surface area contributed by atoms with E-state index in [2.05, 4.69) is 31.5 Å². The third-order valence-corrected chi connectivity index (χ3v) is 6.65. The van der Waals surface area contributed by atoms with Crippen LogP contribution >= 0.6 is 38.9 Å². The zero-order chi connectivity index (χ0) is 23.0. The highest BCUT2D eigenvalue weighted by Crippen LogP contribution is 2.31. The summed E-state index contributed by atoms with van der Waals surface area (Å²) in [5.74, 6) is -1.46. The Morgan fingerprint density at radius 3 is 2.28 bits per heavy atom. The fourth-order valence-electron chi connectivity index (χ4n) is 2.98. The number of halogens is 2. The number of carbonyl (C=O) groups is 3. The predicted octanol–water partition coefficient (Wildman–Crippen LogP) is 5.21. The fourth-order valence-corrected chi connectivity index (χ4v) is 4.27. The first-order valence-corrected chi connectivity index (χ1v) is 11.4. The Morgan fingerprint density at radius 2 is 1.69 bits per heavy atom. The molecule has 0 saturated heterocycles. The molecule has 0 aliphatic carbocycles. The van der Waals surface area contributed by atoms with Gasteiger partial charge in [-0.15, -0.1) is 11.3 Å². The largest absolute Gasteiger partial charge is 0.350 e. The minimum absolute atomic E-state index is 0.0227. The molecule has 0 unspecified atom stereocenters. The Hall–Kier alpha value is -3.01. The predicted molar refractivity (Wildman–Crippen MR) is 129 cm³/mol. The van der Waals surface area contributed by atoms with Gasteiger partial charge in [-0.05, 0) is 62.4 Å². The maximum atomic E-state index is 12.8. The summed E-state index contributed by atoms with van der Waals surface area (Å²) in [4.78, 5) is 44.2. The van der Waals surface area contributed by atoms with Gasteiger partial charge in [0.2, 0.25) is 0 Å². The lowest BCUT2D eigenvalue weighted by atomic mass is 10.2. The van der Waals surface area contributed by atoms with Gasteiger partial charge in [0.15, 0.2) is 5.13 Å². The molecule has 1 aromatic heterocycles. The molecule has 2 aromatic carbocycles. The molecule has 162 valence electrons. The molecule has 2 heterocycles. The second-order valence-electron chi connectivity index (χ2n) is 6.93. The van der Waals surface area contributed by atoms with Crippen molar-refractivity contribution in [2.75, 3.05) is 15.5 Å². The van der Waals surface area contributed by atoms with Gasteiger partial charge in [-0.1, -0.05) is 27.5 Å². The van der Waals surface area contributed by atoms with Gasteiger partial charge in [0.05, 0.1) is 11.4 Å². The third kappa shape index (κ3) is 4.32. The Labute approximate surface area is 201 Å². The fraction of sp³-hybridized carbons (Fsp3) is 0.0909. The lowest BCUT2D eigenvalue weighted by molar-refractivity contribution is -0.120. The Balaban J connectivity index is 1.48. The van der Waals surface area contributed by atoms with Crippen molar-refractivity contribution in [1.29, 1.82) is 0 Å². The molecular formula is C22H16BrClN4O3S. The number of carbonyl (C=O) groups excluding carboxylic acids is 3. The summed E-state index contributed by atoms with van der Waals surface area (Å²) in [7, 11) is 0. The second kappa shape index (κ2) is 8.85. The quantitative estimate of drug-likeness (QED) is 0.441. The minimum Gasteiger partial charge on any atom is -0.350 e. The van der Waals surface area contributed by atoms with Crippen molar-refractivity contribution in [2.24, 2.45) is 0 Å². The van der Waals surface area contributed by atoms with Gasteiger partial charge in [0.25, 0.3) is 17.7 Å². The van der Waals surface area contributed by atoms with Crippen LogP contribution in [-0.4, -0.2) is 22.7 Å². The number of benzene rings is 2.